The van der Waals surface area contributed by atoms with Gasteiger partial charge in [-0.1, -0.05) is 13.0 Å². The highest BCUT2D eigenvalue weighted by Gasteiger charge is 2.18. The standard InChI is InChI=1S/C15H22N2O2/c1-2-11(8-10-18)17-15(19)13-5-3-7-14-12(13)6-4-9-16-14/h3,5,7,11,16,18H,2,4,6,8-10H2,1H3,(H,17,19). The van der Waals surface area contributed by atoms with Gasteiger partial charge in [0.1, 0.15) is 0 Å². The summed E-state index contributed by atoms with van der Waals surface area (Å²) >= 11 is 0. The zero-order chi connectivity index (χ0) is 13.7. The summed E-state index contributed by atoms with van der Waals surface area (Å²) < 4.78 is 0. The van der Waals surface area contributed by atoms with Gasteiger partial charge in [-0.3, -0.25) is 4.79 Å². The van der Waals surface area contributed by atoms with Crippen molar-refractivity contribution in [3.05, 3.63) is 29.3 Å². The van der Waals surface area contributed by atoms with Gasteiger partial charge >= 0.3 is 0 Å². The second kappa shape index (κ2) is 6.57. The summed E-state index contributed by atoms with van der Waals surface area (Å²) in [7, 11) is 0. The number of carbonyl (C=O) groups is 1. The van der Waals surface area contributed by atoms with E-state index in [1.807, 2.05) is 25.1 Å². The number of amides is 1. The van der Waals surface area contributed by atoms with E-state index >= 15 is 0 Å². The van der Waals surface area contributed by atoms with E-state index in [0.29, 0.717) is 6.42 Å². The van der Waals surface area contributed by atoms with Crippen LogP contribution in [0.1, 0.15) is 42.1 Å². The first-order valence-corrected chi connectivity index (χ1v) is 7.03. The Balaban J connectivity index is 2.15. The monoisotopic (exact) mass is 262 g/mol. The van der Waals surface area contributed by atoms with Crippen molar-refractivity contribution in [1.29, 1.82) is 0 Å². The summed E-state index contributed by atoms with van der Waals surface area (Å²) in [6.45, 7) is 3.09. The quantitative estimate of drug-likeness (QED) is 0.760. The Morgan fingerprint density at radius 2 is 2.37 bits per heavy atom. The predicted octanol–water partition coefficient (Wildman–Crippen LogP) is 1.94. The molecule has 4 heteroatoms. The topological polar surface area (TPSA) is 61.4 Å². The van der Waals surface area contributed by atoms with Crippen LogP contribution in [0.15, 0.2) is 18.2 Å². The number of benzene rings is 1. The van der Waals surface area contributed by atoms with Crippen molar-refractivity contribution >= 4 is 11.6 Å². The zero-order valence-corrected chi connectivity index (χ0v) is 11.4. The molecule has 0 aromatic heterocycles. The van der Waals surface area contributed by atoms with Gasteiger partial charge in [0.05, 0.1) is 0 Å². The summed E-state index contributed by atoms with van der Waals surface area (Å²) in [4.78, 5) is 12.3. The molecule has 1 amide bonds. The SMILES string of the molecule is CCC(CCO)NC(=O)c1cccc2c1CCCN2. The van der Waals surface area contributed by atoms with Crippen molar-refractivity contribution in [2.24, 2.45) is 0 Å². The molecule has 2 rings (SSSR count). The molecular formula is C15H22N2O2. The molecule has 0 bridgehead atoms. The molecule has 3 N–H and O–H groups in total. The molecule has 1 aromatic rings. The molecule has 0 saturated heterocycles. The summed E-state index contributed by atoms with van der Waals surface area (Å²) in [5.41, 5.74) is 2.96. The minimum Gasteiger partial charge on any atom is -0.396 e. The lowest BCUT2D eigenvalue weighted by atomic mass is 9.97. The van der Waals surface area contributed by atoms with E-state index in [9.17, 15) is 4.79 Å². The van der Waals surface area contributed by atoms with Crippen molar-refractivity contribution in [1.82, 2.24) is 5.32 Å². The van der Waals surface area contributed by atoms with E-state index in [4.69, 9.17) is 5.11 Å². The smallest absolute Gasteiger partial charge is 0.251 e. The van der Waals surface area contributed by atoms with E-state index < -0.39 is 0 Å². The highest BCUT2D eigenvalue weighted by atomic mass is 16.3. The molecule has 0 saturated carbocycles. The van der Waals surface area contributed by atoms with Crippen LogP contribution < -0.4 is 10.6 Å². The molecule has 1 atom stereocenters. The van der Waals surface area contributed by atoms with E-state index in [-0.39, 0.29) is 18.6 Å². The number of aliphatic hydroxyl groups excluding tert-OH is 1. The molecular weight excluding hydrogens is 240 g/mol. The van der Waals surface area contributed by atoms with Crippen LogP contribution in [0, 0.1) is 0 Å². The number of fused-ring (bicyclic) bond motifs is 1. The molecule has 4 nitrogen and oxygen atoms in total. The lowest BCUT2D eigenvalue weighted by Crippen LogP contribution is -2.35. The van der Waals surface area contributed by atoms with Crippen molar-refractivity contribution in [2.45, 2.75) is 38.6 Å². The molecule has 104 valence electrons. The Labute approximate surface area is 114 Å². The molecule has 19 heavy (non-hydrogen) atoms. The van der Waals surface area contributed by atoms with Crippen LogP contribution in [-0.2, 0) is 6.42 Å². The minimum atomic E-state index is -0.0270. The second-order valence-corrected chi connectivity index (χ2v) is 4.95. The number of anilines is 1. The van der Waals surface area contributed by atoms with E-state index in [2.05, 4.69) is 10.6 Å². The average molecular weight is 262 g/mol. The molecule has 1 unspecified atom stereocenters. The van der Waals surface area contributed by atoms with Crippen molar-refractivity contribution in [3.8, 4) is 0 Å². The number of nitrogens with one attached hydrogen (secondary N) is 2. The van der Waals surface area contributed by atoms with Gasteiger partial charge in [-0.05, 0) is 43.4 Å². The largest absolute Gasteiger partial charge is 0.396 e. The van der Waals surface area contributed by atoms with E-state index in [1.54, 1.807) is 0 Å². The van der Waals surface area contributed by atoms with Gasteiger partial charge in [-0.15, -0.1) is 0 Å². The fourth-order valence-corrected chi connectivity index (χ4v) is 2.52. The second-order valence-electron chi connectivity index (χ2n) is 4.95. The third kappa shape index (κ3) is 3.26. The van der Waals surface area contributed by atoms with Gasteiger partial charge in [0.2, 0.25) is 0 Å². The van der Waals surface area contributed by atoms with Gasteiger partial charge in [0.15, 0.2) is 0 Å². The van der Waals surface area contributed by atoms with Crippen LogP contribution in [0.3, 0.4) is 0 Å². The van der Waals surface area contributed by atoms with E-state index in [0.717, 1.165) is 42.6 Å². The summed E-state index contributed by atoms with van der Waals surface area (Å²) in [6.07, 6.45) is 3.45. The van der Waals surface area contributed by atoms with Gasteiger partial charge < -0.3 is 15.7 Å². The van der Waals surface area contributed by atoms with Crippen LogP contribution in [0.5, 0.6) is 0 Å². The minimum absolute atomic E-state index is 0.0270. The van der Waals surface area contributed by atoms with Crippen LogP contribution in [-0.4, -0.2) is 30.2 Å². The third-order valence-electron chi connectivity index (χ3n) is 3.65. The highest BCUT2D eigenvalue weighted by Crippen LogP contribution is 2.25. The Morgan fingerprint density at radius 3 is 3.11 bits per heavy atom. The average Bonchev–Trinajstić information content (AvgIpc) is 2.46. The Kier molecular flexibility index (Phi) is 4.80. The first kappa shape index (κ1) is 13.9. The molecule has 1 heterocycles. The van der Waals surface area contributed by atoms with Crippen LogP contribution in [0.4, 0.5) is 5.69 Å². The first-order chi connectivity index (χ1) is 9.26. The Bertz CT molecular complexity index is 446. The summed E-state index contributed by atoms with van der Waals surface area (Å²) in [6, 6.07) is 5.87. The maximum Gasteiger partial charge on any atom is 0.251 e. The lowest BCUT2D eigenvalue weighted by molar-refractivity contribution is 0.0928. The van der Waals surface area contributed by atoms with Crippen molar-refractivity contribution < 1.29 is 9.90 Å². The van der Waals surface area contributed by atoms with Crippen LogP contribution in [0.2, 0.25) is 0 Å². The highest BCUT2D eigenvalue weighted by molar-refractivity contribution is 5.97. The van der Waals surface area contributed by atoms with Crippen molar-refractivity contribution in [3.63, 3.8) is 0 Å². The van der Waals surface area contributed by atoms with E-state index in [1.165, 1.54) is 0 Å². The molecule has 1 aliphatic rings. The Hall–Kier alpha value is -1.55. The lowest BCUT2D eigenvalue weighted by Gasteiger charge is -2.22. The van der Waals surface area contributed by atoms with Gasteiger partial charge in [-0.2, -0.15) is 0 Å². The number of carbonyl (C=O) groups excluding carboxylic acids is 1. The first-order valence-electron chi connectivity index (χ1n) is 7.03. The molecule has 1 aromatic carbocycles. The van der Waals surface area contributed by atoms with Gasteiger partial charge in [-0.25, -0.2) is 0 Å². The normalized spacial score (nSPS) is 15.3. The number of aliphatic hydroxyl groups is 1. The maximum atomic E-state index is 12.3. The molecule has 0 spiro atoms. The number of hydrogen-bond donors (Lipinski definition) is 3. The molecule has 0 fully saturated rings. The molecule has 0 radical (unpaired) electrons. The summed E-state index contributed by atoms with van der Waals surface area (Å²) in [5, 5.41) is 15.3. The predicted molar refractivity (Wildman–Crippen MR) is 76.5 cm³/mol. The van der Waals surface area contributed by atoms with Crippen LogP contribution >= 0.6 is 0 Å². The zero-order valence-electron chi connectivity index (χ0n) is 11.4. The number of rotatable bonds is 5. The Morgan fingerprint density at radius 1 is 1.53 bits per heavy atom. The third-order valence-corrected chi connectivity index (χ3v) is 3.65. The fourth-order valence-electron chi connectivity index (χ4n) is 2.52. The van der Waals surface area contributed by atoms with Crippen LogP contribution in [0.25, 0.3) is 0 Å². The van der Waals surface area contributed by atoms with Gasteiger partial charge in [0, 0.05) is 30.4 Å². The molecule has 1 aliphatic heterocycles. The number of hydrogen-bond acceptors (Lipinski definition) is 3. The molecule has 0 aliphatic carbocycles. The van der Waals surface area contributed by atoms with Gasteiger partial charge in [0.25, 0.3) is 5.91 Å². The fraction of sp³-hybridized carbons (Fsp3) is 0.533. The maximum absolute atomic E-state index is 12.3. The van der Waals surface area contributed by atoms with Crippen molar-refractivity contribution in [2.75, 3.05) is 18.5 Å². The summed E-state index contributed by atoms with van der Waals surface area (Å²) in [5.74, 6) is -0.0270.